The molecule has 28 heavy (non-hydrogen) atoms. The van der Waals surface area contributed by atoms with E-state index in [0.29, 0.717) is 30.8 Å². The van der Waals surface area contributed by atoms with Gasteiger partial charge in [0.1, 0.15) is 0 Å². The Kier molecular flexibility index (Phi) is 5.38. The summed E-state index contributed by atoms with van der Waals surface area (Å²) >= 11 is 1.28. The Balaban J connectivity index is 1.49. The lowest BCUT2D eigenvalue weighted by Crippen LogP contribution is -2.47. The number of nitrogens with zero attached hydrogens (tertiary/aromatic N) is 3. The van der Waals surface area contributed by atoms with E-state index in [9.17, 15) is 14.4 Å². The van der Waals surface area contributed by atoms with Gasteiger partial charge in [0.15, 0.2) is 0 Å². The van der Waals surface area contributed by atoms with E-state index in [1.165, 1.54) is 11.5 Å². The van der Waals surface area contributed by atoms with Crippen molar-refractivity contribution in [2.45, 2.75) is 18.8 Å². The number of piperazine rings is 1. The summed E-state index contributed by atoms with van der Waals surface area (Å²) in [5, 5.41) is 6.24. The number of hydrogen-bond donors (Lipinski definition) is 2. The van der Waals surface area contributed by atoms with Crippen molar-refractivity contribution < 1.29 is 14.4 Å². The van der Waals surface area contributed by atoms with Crippen molar-refractivity contribution in [1.29, 1.82) is 0 Å². The van der Waals surface area contributed by atoms with Crippen molar-refractivity contribution in [2.24, 2.45) is 0 Å². The molecule has 0 bridgehead atoms. The van der Waals surface area contributed by atoms with Gasteiger partial charge in [-0.3, -0.25) is 24.6 Å². The second kappa shape index (κ2) is 7.94. The Labute approximate surface area is 167 Å². The van der Waals surface area contributed by atoms with Crippen molar-refractivity contribution in [3.8, 4) is 0 Å². The molecule has 2 saturated heterocycles. The lowest BCUT2D eigenvalue weighted by Gasteiger charge is -2.31. The number of imide groups is 1. The number of anilines is 1. The lowest BCUT2D eigenvalue weighted by atomic mass is 9.93. The van der Waals surface area contributed by atoms with E-state index in [0.717, 1.165) is 36.3 Å². The van der Waals surface area contributed by atoms with Crippen molar-refractivity contribution in [3.63, 3.8) is 0 Å². The first kappa shape index (κ1) is 19.0. The summed E-state index contributed by atoms with van der Waals surface area (Å²) < 4.78 is 5.34. The van der Waals surface area contributed by atoms with Crippen LogP contribution in [0.2, 0.25) is 0 Å². The van der Waals surface area contributed by atoms with Gasteiger partial charge >= 0.3 is 0 Å². The number of hydrogen-bond acceptors (Lipinski definition) is 7. The van der Waals surface area contributed by atoms with Crippen LogP contribution in [-0.4, -0.2) is 71.7 Å². The maximum absolute atomic E-state index is 12.5. The summed E-state index contributed by atoms with van der Waals surface area (Å²) in [6.45, 7) is 4.06. The Bertz CT molecular complexity index is 919. The Hall–Kier alpha value is -2.36. The molecule has 2 aromatic rings. The normalized spacial score (nSPS) is 21.7. The molecule has 0 aliphatic carbocycles. The highest BCUT2D eigenvalue weighted by Gasteiger charge is 2.31. The molecule has 3 amide bonds. The Morgan fingerprint density at radius 1 is 1.29 bits per heavy atom. The number of carbonyl (C=O) groups is 3. The number of benzene rings is 1. The average molecular weight is 401 g/mol. The third kappa shape index (κ3) is 3.91. The maximum Gasteiger partial charge on any atom is 0.238 e. The number of likely N-dealkylation sites (N-methyl/N-ethyl adjacent to an activating group) is 1. The molecule has 1 unspecified atom stereocenters. The van der Waals surface area contributed by atoms with E-state index in [1.54, 1.807) is 0 Å². The molecular formula is C19H23N5O3S. The SMILES string of the molecule is CN1CCN(CC(=O)Nc2cccc3c(C4CCC(=O)NC4=O)nsc23)CC1. The quantitative estimate of drug-likeness (QED) is 0.743. The first-order valence-electron chi connectivity index (χ1n) is 9.44. The van der Waals surface area contributed by atoms with Crippen molar-refractivity contribution >= 4 is 45.0 Å². The monoisotopic (exact) mass is 401 g/mol. The minimum absolute atomic E-state index is 0.0481. The summed E-state index contributed by atoms with van der Waals surface area (Å²) in [5.74, 6) is -1.01. The number of rotatable bonds is 4. The van der Waals surface area contributed by atoms with E-state index >= 15 is 0 Å². The number of fused-ring (bicyclic) bond motifs is 1. The highest BCUT2D eigenvalue weighted by atomic mass is 32.1. The molecule has 0 saturated carbocycles. The van der Waals surface area contributed by atoms with Crippen LogP contribution in [0.4, 0.5) is 5.69 Å². The van der Waals surface area contributed by atoms with Crippen LogP contribution in [0.5, 0.6) is 0 Å². The molecule has 1 aromatic heterocycles. The molecule has 2 aliphatic heterocycles. The molecule has 0 spiro atoms. The van der Waals surface area contributed by atoms with E-state index in [4.69, 9.17) is 0 Å². The number of aromatic nitrogens is 1. The van der Waals surface area contributed by atoms with E-state index in [-0.39, 0.29) is 17.7 Å². The fourth-order valence-electron chi connectivity index (χ4n) is 3.68. The Morgan fingerprint density at radius 3 is 2.82 bits per heavy atom. The van der Waals surface area contributed by atoms with Crippen LogP contribution in [0.3, 0.4) is 0 Å². The van der Waals surface area contributed by atoms with Crippen LogP contribution in [0.25, 0.3) is 10.1 Å². The fourth-order valence-corrected chi connectivity index (χ4v) is 4.59. The molecule has 9 heteroatoms. The number of carbonyl (C=O) groups excluding carboxylic acids is 3. The smallest absolute Gasteiger partial charge is 0.238 e. The predicted molar refractivity (Wildman–Crippen MR) is 107 cm³/mol. The number of piperidine rings is 1. The van der Waals surface area contributed by atoms with Gasteiger partial charge in [0.2, 0.25) is 17.7 Å². The highest BCUT2D eigenvalue weighted by Crippen LogP contribution is 2.36. The molecule has 2 N–H and O–H groups in total. The molecule has 0 radical (unpaired) electrons. The zero-order valence-electron chi connectivity index (χ0n) is 15.7. The molecule has 1 atom stereocenters. The van der Waals surface area contributed by atoms with Crippen molar-refractivity contribution in [2.75, 3.05) is 45.1 Å². The topological polar surface area (TPSA) is 94.6 Å². The zero-order chi connectivity index (χ0) is 19.7. The van der Waals surface area contributed by atoms with Gasteiger partial charge < -0.3 is 10.2 Å². The van der Waals surface area contributed by atoms with Gasteiger partial charge in [-0.1, -0.05) is 12.1 Å². The van der Waals surface area contributed by atoms with Crippen molar-refractivity contribution in [1.82, 2.24) is 19.5 Å². The molecule has 3 heterocycles. The van der Waals surface area contributed by atoms with E-state index < -0.39 is 5.92 Å². The molecule has 8 nitrogen and oxygen atoms in total. The average Bonchev–Trinajstić information content (AvgIpc) is 3.09. The van der Waals surface area contributed by atoms with Crippen LogP contribution < -0.4 is 10.6 Å². The van der Waals surface area contributed by atoms with Crippen LogP contribution in [0.15, 0.2) is 18.2 Å². The third-order valence-electron chi connectivity index (χ3n) is 5.33. The predicted octanol–water partition coefficient (Wildman–Crippen LogP) is 1.00. The molecule has 148 valence electrons. The largest absolute Gasteiger partial charge is 0.324 e. The standard InChI is InChI=1S/C19H23N5O3S/c1-23-7-9-24(10-8-23)11-16(26)20-14-4-2-3-12-17(22-28-18(12)14)13-5-6-15(25)21-19(13)27/h2-4,13H,5-11H2,1H3,(H,20,26)(H,21,25,27). The van der Waals surface area contributed by atoms with Gasteiger partial charge in [-0.25, -0.2) is 0 Å². The van der Waals surface area contributed by atoms with Gasteiger partial charge in [-0.2, -0.15) is 4.37 Å². The number of amides is 3. The summed E-state index contributed by atoms with van der Waals surface area (Å²) in [5.41, 5.74) is 1.40. The third-order valence-corrected chi connectivity index (χ3v) is 6.24. The summed E-state index contributed by atoms with van der Waals surface area (Å²) in [6.07, 6.45) is 0.778. The molecule has 2 fully saturated rings. The van der Waals surface area contributed by atoms with E-state index in [2.05, 4.69) is 31.9 Å². The summed E-state index contributed by atoms with van der Waals surface area (Å²) in [6, 6.07) is 5.63. The van der Waals surface area contributed by atoms with Crippen LogP contribution in [-0.2, 0) is 14.4 Å². The molecule has 1 aromatic carbocycles. The first-order chi connectivity index (χ1) is 13.5. The summed E-state index contributed by atoms with van der Waals surface area (Å²) in [7, 11) is 2.09. The second-order valence-electron chi connectivity index (χ2n) is 7.38. The lowest BCUT2D eigenvalue weighted by molar-refractivity contribution is -0.134. The van der Waals surface area contributed by atoms with Crippen LogP contribution >= 0.6 is 11.5 Å². The molecule has 4 rings (SSSR count). The van der Waals surface area contributed by atoms with Gasteiger partial charge in [0.05, 0.1) is 28.5 Å². The summed E-state index contributed by atoms with van der Waals surface area (Å²) in [4.78, 5) is 40.5. The van der Waals surface area contributed by atoms with Gasteiger partial charge in [0, 0.05) is 38.0 Å². The molecular weight excluding hydrogens is 378 g/mol. The van der Waals surface area contributed by atoms with Crippen LogP contribution in [0, 0.1) is 0 Å². The first-order valence-corrected chi connectivity index (χ1v) is 10.2. The van der Waals surface area contributed by atoms with Crippen LogP contribution in [0.1, 0.15) is 24.5 Å². The number of nitrogens with one attached hydrogen (secondary N) is 2. The maximum atomic E-state index is 12.5. The van der Waals surface area contributed by atoms with Gasteiger partial charge in [-0.15, -0.1) is 0 Å². The highest BCUT2D eigenvalue weighted by molar-refractivity contribution is 7.14. The zero-order valence-corrected chi connectivity index (χ0v) is 16.6. The second-order valence-corrected chi connectivity index (χ2v) is 8.15. The van der Waals surface area contributed by atoms with Gasteiger partial charge in [-0.05, 0) is 31.1 Å². The molecule has 2 aliphatic rings. The van der Waals surface area contributed by atoms with E-state index in [1.807, 2.05) is 18.2 Å². The van der Waals surface area contributed by atoms with Crippen molar-refractivity contribution in [3.05, 3.63) is 23.9 Å². The fraction of sp³-hybridized carbons (Fsp3) is 0.474. The van der Waals surface area contributed by atoms with Gasteiger partial charge in [0.25, 0.3) is 0 Å². The Morgan fingerprint density at radius 2 is 2.07 bits per heavy atom. The minimum Gasteiger partial charge on any atom is -0.324 e. The minimum atomic E-state index is -0.428.